The Morgan fingerprint density at radius 3 is 2.30 bits per heavy atom. The Hall–Kier alpha value is -1.13. The summed E-state index contributed by atoms with van der Waals surface area (Å²) in [7, 11) is 6.21. The molecule has 0 aromatic heterocycles. The van der Waals surface area contributed by atoms with E-state index in [2.05, 4.69) is 0 Å². The summed E-state index contributed by atoms with van der Waals surface area (Å²) in [5.74, 6) is -2.76. The predicted molar refractivity (Wildman–Crippen MR) is 138 cm³/mol. The number of rotatable bonds is 3. The van der Waals surface area contributed by atoms with E-state index in [1.165, 1.54) is 50.3 Å². The van der Waals surface area contributed by atoms with Gasteiger partial charge in [-0.15, -0.1) is 0 Å². The van der Waals surface area contributed by atoms with Crippen LogP contribution in [0.3, 0.4) is 0 Å². The summed E-state index contributed by atoms with van der Waals surface area (Å²) in [6.45, 7) is 6.94. The van der Waals surface area contributed by atoms with E-state index in [1.807, 2.05) is 0 Å². The predicted octanol–water partition coefficient (Wildman–Crippen LogP) is 1.53. The molecule has 6 fully saturated rings. The maximum atomic E-state index is 14.3. The number of carbonyl (C=O) groups is 5. The van der Waals surface area contributed by atoms with Gasteiger partial charge in [0.05, 0.1) is 24.2 Å². The third kappa shape index (κ3) is 3.24. The highest BCUT2D eigenvalue weighted by Crippen LogP contribution is 2.70. The van der Waals surface area contributed by atoms with E-state index in [-0.39, 0.29) is 18.6 Å². The number of aliphatic hydroxyl groups excluding tert-OH is 1. The highest BCUT2D eigenvalue weighted by atomic mass is 33.7. The summed E-state index contributed by atoms with van der Waals surface area (Å²) >= 11 is 0. The summed E-state index contributed by atoms with van der Waals surface area (Å²) in [6.07, 6.45) is -2.31. The van der Waals surface area contributed by atoms with Gasteiger partial charge in [-0.2, -0.15) is 0 Å². The second-order valence-corrected chi connectivity index (χ2v) is 16.9. The van der Waals surface area contributed by atoms with Crippen LogP contribution in [0, 0.1) is 5.41 Å². The van der Waals surface area contributed by atoms with Crippen molar-refractivity contribution >= 4 is 70.8 Å². The first-order valence-corrected chi connectivity index (χ1v) is 16.5. The fourth-order valence-electron chi connectivity index (χ4n) is 6.50. The molecular weight excluding hydrogens is 565 g/mol. The zero-order valence-corrected chi connectivity index (χ0v) is 24.4. The van der Waals surface area contributed by atoms with Crippen LogP contribution in [0.5, 0.6) is 0 Å². The Labute approximate surface area is 229 Å². The number of likely N-dealkylation sites (N-methyl/N-ethyl adjacent to an activating group) is 1. The zero-order chi connectivity index (χ0) is 27.3. The molecule has 1 saturated carbocycles. The molecule has 37 heavy (non-hydrogen) atoms. The molecule has 5 aliphatic heterocycles. The van der Waals surface area contributed by atoms with Crippen LogP contribution in [-0.4, -0.2) is 97.3 Å². The average molecular weight is 593 g/mol. The first-order valence-electron chi connectivity index (χ1n) is 11.7. The van der Waals surface area contributed by atoms with Crippen LogP contribution >= 0.6 is 41.2 Å². The molecule has 5 saturated heterocycles. The zero-order valence-electron chi connectivity index (χ0n) is 21.1. The summed E-state index contributed by atoms with van der Waals surface area (Å²) in [5.41, 5.74) is -4.39. The minimum absolute atomic E-state index is 0.139. The molecule has 2 bridgehead atoms. The van der Waals surface area contributed by atoms with Crippen LogP contribution in [-0.2, 0) is 38.2 Å². The van der Waals surface area contributed by atoms with Gasteiger partial charge in [-0.3, -0.25) is 24.0 Å². The fraction of sp³-hybridized carbons (Fsp3) is 0.773. The number of fused-ring (bicyclic) bond motifs is 5. The lowest BCUT2D eigenvalue weighted by molar-refractivity contribution is -0.202. The van der Waals surface area contributed by atoms with Gasteiger partial charge in [-0.05, 0) is 48.2 Å². The third-order valence-corrected chi connectivity index (χ3v) is 15.7. The normalized spacial score (nSPS) is 44.1. The molecule has 0 radical (unpaired) electrons. The maximum Gasteiger partial charge on any atom is 0.303 e. The SMILES string of the molecule is CC(=O)O[C@H]1[C@]2(OC(C)=O)C[C@]34SSSS[C@@](CO)(C(=O)N3[C@@H]2C[C@@]12O[C@H](C)C(C)(C)C2=O)N(C)C4=O. The van der Waals surface area contributed by atoms with Crippen molar-refractivity contribution in [2.45, 2.75) is 86.7 Å². The number of carbonyl (C=O) groups excluding carboxylic acids is 5. The Morgan fingerprint density at radius 2 is 1.76 bits per heavy atom. The number of esters is 2. The van der Waals surface area contributed by atoms with E-state index in [4.69, 9.17) is 14.2 Å². The number of amides is 2. The fourth-order valence-corrected chi connectivity index (χ4v) is 14.2. The molecule has 1 aliphatic carbocycles. The first-order chi connectivity index (χ1) is 17.2. The largest absolute Gasteiger partial charge is 0.455 e. The molecule has 1 N–H and O–H groups in total. The molecular formula is C22H28N2O9S4. The van der Waals surface area contributed by atoms with Gasteiger partial charge < -0.3 is 29.1 Å². The Bertz CT molecular complexity index is 1120. The van der Waals surface area contributed by atoms with Crippen molar-refractivity contribution in [3.8, 4) is 0 Å². The van der Waals surface area contributed by atoms with E-state index in [9.17, 15) is 29.1 Å². The summed E-state index contributed by atoms with van der Waals surface area (Å²) in [4.78, 5) is 66.8. The van der Waals surface area contributed by atoms with Crippen molar-refractivity contribution in [3.05, 3.63) is 0 Å². The van der Waals surface area contributed by atoms with Crippen molar-refractivity contribution in [1.82, 2.24) is 9.80 Å². The van der Waals surface area contributed by atoms with Crippen molar-refractivity contribution < 1.29 is 43.3 Å². The number of nitrogens with zero attached hydrogens (tertiary/aromatic N) is 2. The standard InChI is InChI=1S/C22H28N2O9S4/c1-10-18(4,5)14(28)19(32-10)7-13-20(33-12(3)27,15(19)31-11(2)26)8-21-16(29)23(6)22(9-25,17(30)24(13)21)35-37-36-34-21/h10,13,15,25H,7-9H2,1-6H3/t10-,13-,15-,19+,20+,21-,22+/m1/s1. The molecule has 0 unspecified atom stereocenters. The Morgan fingerprint density at radius 1 is 1.11 bits per heavy atom. The van der Waals surface area contributed by atoms with Crippen molar-refractivity contribution in [3.63, 3.8) is 0 Å². The van der Waals surface area contributed by atoms with Crippen molar-refractivity contribution in [2.24, 2.45) is 5.41 Å². The quantitative estimate of drug-likeness (QED) is 0.375. The van der Waals surface area contributed by atoms with Crippen LogP contribution in [0.4, 0.5) is 0 Å². The average Bonchev–Trinajstić information content (AvgIpc) is 3.27. The van der Waals surface area contributed by atoms with Crippen LogP contribution < -0.4 is 0 Å². The smallest absolute Gasteiger partial charge is 0.303 e. The number of aliphatic hydroxyl groups is 1. The van der Waals surface area contributed by atoms with Gasteiger partial charge in [0.25, 0.3) is 11.8 Å². The van der Waals surface area contributed by atoms with E-state index in [1.54, 1.807) is 20.8 Å². The molecule has 15 heteroatoms. The number of piperazine rings is 1. The van der Waals surface area contributed by atoms with Crippen LogP contribution in [0.1, 0.15) is 47.5 Å². The number of hydrogen-bond acceptors (Lipinski definition) is 13. The van der Waals surface area contributed by atoms with Crippen molar-refractivity contribution in [2.75, 3.05) is 13.7 Å². The van der Waals surface area contributed by atoms with Crippen LogP contribution in [0.15, 0.2) is 0 Å². The summed E-state index contributed by atoms with van der Waals surface area (Å²) in [6, 6.07) is -1.03. The number of hydrogen-bond donors (Lipinski definition) is 1. The molecule has 204 valence electrons. The highest BCUT2D eigenvalue weighted by molar-refractivity contribution is 9.26. The molecule has 6 rings (SSSR count). The minimum atomic E-state index is -1.74. The van der Waals surface area contributed by atoms with E-state index in [0.717, 1.165) is 21.6 Å². The van der Waals surface area contributed by atoms with Gasteiger partial charge in [0.1, 0.15) is 0 Å². The molecule has 11 nitrogen and oxygen atoms in total. The van der Waals surface area contributed by atoms with Gasteiger partial charge in [-0.1, -0.05) is 13.8 Å². The topological polar surface area (TPSA) is 140 Å². The summed E-state index contributed by atoms with van der Waals surface area (Å²) < 4.78 is 18.1. The van der Waals surface area contributed by atoms with E-state index < -0.39 is 75.0 Å². The van der Waals surface area contributed by atoms with Gasteiger partial charge in [0.2, 0.25) is 4.87 Å². The molecule has 7 atom stereocenters. The molecule has 5 heterocycles. The van der Waals surface area contributed by atoms with Crippen LogP contribution in [0.2, 0.25) is 0 Å². The van der Waals surface area contributed by atoms with Gasteiger partial charge in [-0.25, -0.2) is 0 Å². The minimum Gasteiger partial charge on any atom is -0.455 e. The lowest BCUT2D eigenvalue weighted by Gasteiger charge is -2.54. The lowest BCUT2D eigenvalue weighted by atomic mass is 9.76. The van der Waals surface area contributed by atoms with E-state index in [0.29, 0.717) is 0 Å². The van der Waals surface area contributed by atoms with E-state index >= 15 is 0 Å². The third-order valence-electron chi connectivity index (χ3n) is 8.45. The number of ketones is 1. The second-order valence-electron chi connectivity index (χ2n) is 10.7. The molecule has 2 spiro atoms. The Kier molecular flexibility index (Phi) is 6.25. The second kappa shape index (κ2) is 8.43. The number of ether oxygens (including phenoxy) is 3. The van der Waals surface area contributed by atoms with Gasteiger partial charge in [0, 0.05) is 33.7 Å². The molecule has 2 amide bonds. The van der Waals surface area contributed by atoms with Crippen LogP contribution in [0.25, 0.3) is 0 Å². The Balaban J connectivity index is 1.76. The highest BCUT2D eigenvalue weighted by Gasteiger charge is 2.85. The van der Waals surface area contributed by atoms with Gasteiger partial charge >= 0.3 is 11.9 Å². The monoisotopic (exact) mass is 592 g/mol. The maximum absolute atomic E-state index is 14.3. The first kappa shape index (κ1) is 27.4. The lowest BCUT2D eigenvalue weighted by Crippen LogP contribution is -2.74. The van der Waals surface area contributed by atoms with Crippen molar-refractivity contribution in [1.29, 1.82) is 0 Å². The molecule has 6 aliphatic rings. The molecule has 0 aromatic carbocycles. The summed E-state index contributed by atoms with van der Waals surface area (Å²) in [5, 5.41) is 10.4. The van der Waals surface area contributed by atoms with Gasteiger partial charge in [0.15, 0.2) is 28.0 Å². The number of Topliss-reactive ketones (excluding diaryl/α,β-unsaturated/α-hetero) is 1. The molecule has 0 aromatic rings.